The number of carbonyl (C=O) groups is 3. The number of hydrogen-bond acceptors (Lipinski definition) is 7. The van der Waals surface area contributed by atoms with E-state index in [0.29, 0.717) is 64.3 Å². The van der Waals surface area contributed by atoms with Gasteiger partial charge in [-0.1, -0.05) is 24.1 Å². The van der Waals surface area contributed by atoms with Crippen LogP contribution in [0.1, 0.15) is 50.5 Å². The number of nitrogens with zero attached hydrogens (tertiary/aromatic N) is 2. The summed E-state index contributed by atoms with van der Waals surface area (Å²) in [6.07, 6.45) is 4.11. The summed E-state index contributed by atoms with van der Waals surface area (Å²) in [5, 5.41) is 2.69. The van der Waals surface area contributed by atoms with Gasteiger partial charge >= 0.3 is 0 Å². The van der Waals surface area contributed by atoms with Crippen molar-refractivity contribution in [1.82, 2.24) is 14.9 Å². The summed E-state index contributed by atoms with van der Waals surface area (Å²) in [6.45, 7) is 2.87. The van der Waals surface area contributed by atoms with Crippen molar-refractivity contribution in [2.24, 2.45) is 22.2 Å². The summed E-state index contributed by atoms with van der Waals surface area (Å²) in [4.78, 5) is 42.6. The lowest BCUT2D eigenvalue weighted by molar-refractivity contribution is -0.140. The predicted octanol–water partition coefficient (Wildman–Crippen LogP) is -0.501. The number of benzene rings is 1. The van der Waals surface area contributed by atoms with E-state index >= 15 is 0 Å². The van der Waals surface area contributed by atoms with Gasteiger partial charge in [0, 0.05) is 19.6 Å². The van der Waals surface area contributed by atoms with Crippen LogP contribution in [0.15, 0.2) is 34.2 Å². The van der Waals surface area contributed by atoms with Crippen LogP contribution in [-0.4, -0.2) is 75.1 Å². The Kier molecular flexibility index (Phi) is 12.0. The largest absolute Gasteiger partial charge is 0.370 e. The van der Waals surface area contributed by atoms with Gasteiger partial charge in [-0.05, 0) is 57.6 Å². The molecule has 3 atom stereocenters. The number of rotatable bonds is 15. The number of amides is 2. The number of likely N-dealkylation sites (tertiary alicyclic amines) is 1. The fourth-order valence-electron chi connectivity index (χ4n) is 4.11. The van der Waals surface area contributed by atoms with E-state index in [2.05, 4.69) is 15.0 Å². The fraction of sp³-hybridized carbons (Fsp3) is 0.583. The molecule has 0 bridgehead atoms. The van der Waals surface area contributed by atoms with Crippen LogP contribution in [0.5, 0.6) is 0 Å². The highest BCUT2D eigenvalue weighted by molar-refractivity contribution is 7.89. The summed E-state index contributed by atoms with van der Waals surface area (Å²) in [5.74, 6) is -0.748. The molecule has 1 aliphatic heterocycles. The number of nitrogens with one attached hydrogen (secondary N) is 2. The van der Waals surface area contributed by atoms with E-state index in [9.17, 15) is 22.8 Å². The number of unbranched alkanes of at least 4 members (excludes halogenated alkanes) is 1. The fourth-order valence-corrected chi connectivity index (χ4v) is 5.18. The van der Waals surface area contributed by atoms with E-state index in [4.69, 9.17) is 17.2 Å². The Balaban J connectivity index is 1.77. The maximum Gasteiger partial charge on any atom is 0.243 e. The van der Waals surface area contributed by atoms with Crippen molar-refractivity contribution < 1.29 is 22.8 Å². The molecule has 0 unspecified atom stereocenters. The molecule has 1 heterocycles. The van der Waals surface area contributed by atoms with Gasteiger partial charge in [0.1, 0.15) is 12.3 Å². The Morgan fingerprint density at radius 2 is 1.86 bits per heavy atom. The van der Waals surface area contributed by atoms with E-state index in [1.807, 2.05) is 6.92 Å². The lowest BCUT2D eigenvalue weighted by Gasteiger charge is -2.27. The van der Waals surface area contributed by atoms with Crippen molar-refractivity contribution in [1.29, 1.82) is 0 Å². The second-order valence-corrected chi connectivity index (χ2v) is 11.0. The molecular weight excluding hydrogens is 498 g/mol. The number of aliphatic imine (C=N–C) groups is 1. The highest BCUT2D eigenvalue weighted by Gasteiger charge is 2.36. The average Bonchev–Trinajstić information content (AvgIpc) is 3.35. The zero-order valence-corrected chi connectivity index (χ0v) is 22.1. The second-order valence-electron chi connectivity index (χ2n) is 9.20. The number of nitrogens with two attached hydrogens (primary N) is 3. The minimum atomic E-state index is -3.59. The Hall–Kier alpha value is -3.03. The Morgan fingerprint density at radius 3 is 2.51 bits per heavy atom. The molecule has 0 aliphatic carbocycles. The van der Waals surface area contributed by atoms with Crippen molar-refractivity contribution in [3.63, 3.8) is 0 Å². The third-order valence-electron chi connectivity index (χ3n) is 6.18. The zero-order valence-electron chi connectivity index (χ0n) is 21.3. The van der Waals surface area contributed by atoms with Gasteiger partial charge in [-0.2, -0.15) is 0 Å². The van der Waals surface area contributed by atoms with Crippen LogP contribution in [0, 0.1) is 6.92 Å². The molecule has 37 heavy (non-hydrogen) atoms. The predicted molar refractivity (Wildman–Crippen MR) is 141 cm³/mol. The number of carbonyl (C=O) groups excluding carboxylic acids is 3. The van der Waals surface area contributed by atoms with Crippen LogP contribution in [0.3, 0.4) is 0 Å². The molecule has 1 saturated heterocycles. The zero-order chi connectivity index (χ0) is 27.4. The van der Waals surface area contributed by atoms with Crippen molar-refractivity contribution in [3.8, 4) is 0 Å². The van der Waals surface area contributed by atoms with Gasteiger partial charge in [0.05, 0.1) is 17.0 Å². The molecule has 0 saturated carbocycles. The maximum absolute atomic E-state index is 12.9. The maximum atomic E-state index is 12.9. The lowest BCUT2D eigenvalue weighted by Crippen LogP contribution is -2.53. The molecule has 0 spiro atoms. The van der Waals surface area contributed by atoms with E-state index < -0.39 is 28.1 Å². The number of guanidine groups is 1. The molecule has 0 aromatic heterocycles. The van der Waals surface area contributed by atoms with Gasteiger partial charge in [-0.25, -0.2) is 13.1 Å². The van der Waals surface area contributed by atoms with Crippen molar-refractivity contribution >= 4 is 34.1 Å². The van der Waals surface area contributed by atoms with Crippen LogP contribution in [0.25, 0.3) is 0 Å². The standard InChI is InChI=1S/C24H39N7O5S/c1-17-9-11-19(12-10-17)37(35,36)29-14-3-2-7-20(25)23(34)31-15-5-8-21(31)22(33)30-18(16-32)6-4-13-28-24(26)27/h9-12,16,18,20-21,29H,2-8,13-15,25H2,1H3,(H,30,33)(H4,26,27,28)/t18-,20+,21-/m0/s1. The van der Waals surface area contributed by atoms with Gasteiger partial charge in [0.15, 0.2) is 5.96 Å². The molecular formula is C24H39N7O5S. The molecule has 1 aliphatic rings. The van der Waals surface area contributed by atoms with Crippen molar-refractivity contribution in [3.05, 3.63) is 29.8 Å². The molecule has 12 nitrogen and oxygen atoms in total. The monoisotopic (exact) mass is 537 g/mol. The van der Waals surface area contributed by atoms with Crippen LogP contribution >= 0.6 is 0 Å². The van der Waals surface area contributed by atoms with E-state index in [0.717, 1.165) is 5.56 Å². The third kappa shape index (κ3) is 9.74. The van der Waals surface area contributed by atoms with Crippen molar-refractivity contribution in [2.75, 3.05) is 19.6 Å². The van der Waals surface area contributed by atoms with Crippen LogP contribution in [0.4, 0.5) is 0 Å². The smallest absolute Gasteiger partial charge is 0.243 e. The first-order valence-corrected chi connectivity index (χ1v) is 14.0. The molecule has 0 radical (unpaired) electrons. The Bertz CT molecular complexity index is 1040. The average molecular weight is 538 g/mol. The summed E-state index contributed by atoms with van der Waals surface area (Å²) >= 11 is 0. The third-order valence-corrected chi connectivity index (χ3v) is 7.66. The molecule has 13 heteroatoms. The van der Waals surface area contributed by atoms with Crippen LogP contribution < -0.4 is 27.2 Å². The number of sulfonamides is 1. The first kappa shape index (κ1) is 30.2. The van der Waals surface area contributed by atoms with E-state index in [1.54, 1.807) is 24.3 Å². The molecule has 2 amide bonds. The summed E-state index contributed by atoms with van der Waals surface area (Å²) in [7, 11) is -3.59. The SMILES string of the molecule is Cc1ccc(S(=O)(=O)NCCCC[C@@H](N)C(=O)N2CCC[C@H]2C(=O)N[C@H](C=O)CCCN=C(N)N)cc1. The topological polar surface area (TPSA) is 203 Å². The Morgan fingerprint density at radius 1 is 1.16 bits per heavy atom. The summed E-state index contributed by atoms with van der Waals surface area (Å²) in [6, 6.07) is 4.40. The first-order chi connectivity index (χ1) is 17.5. The summed E-state index contributed by atoms with van der Waals surface area (Å²) < 4.78 is 27.3. The van der Waals surface area contributed by atoms with Gasteiger partial charge in [-0.3, -0.25) is 14.6 Å². The minimum absolute atomic E-state index is 0.0355. The van der Waals surface area contributed by atoms with Crippen LogP contribution in [0.2, 0.25) is 0 Å². The second kappa shape index (κ2) is 14.6. The summed E-state index contributed by atoms with van der Waals surface area (Å²) in [5.41, 5.74) is 17.6. The minimum Gasteiger partial charge on any atom is -0.370 e. The normalized spacial score (nSPS) is 17.1. The van der Waals surface area contributed by atoms with Crippen molar-refractivity contribution in [2.45, 2.75) is 74.9 Å². The van der Waals surface area contributed by atoms with Gasteiger partial charge < -0.3 is 32.2 Å². The first-order valence-electron chi connectivity index (χ1n) is 12.5. The molecule has 1 fully saturated rings. The number of aldehydes is 1. The quantitative estimate of drug-likeness (QED) is 0.0851. The molecule has 1 aromatic rings. The number of aryl methyl sites for hydroxylation is 1. The van der Waals surface area contributed by atoms with Gasteiger partial charge in [-0.15, -0.1) is 0 Å². The van der Waals surface area contributed by atoms with E-state index in [1.165, 1.54) is 4.90 Å². The highest BCUT2D eigenvalue weighted by atomic mass is 32.2. The highest BCUT2D eigenvalue weighted by Crippen LogP contribution is 2.20. The van der Waals surface area contributed by atoms with E-state index in [-0.39, 0.29) is 29.2 Å². The van der Waals surface area contributed by atoms with Crippen LogP contribution in [-0.2, 0) is 24.4 Å². The van der Waals surface area contributed by atoms with Gasteiger partial charge in [0.25, 0.3) is 0 Å². The number of hydrogen-bond donors (Lipinski definition) is 5. The van der Waals surface area contributed by atoms with Gasteiger partial charge in [0.2, 0.25) is 21.8 Å². The molecule has 2 rings (SSSR count). The Labute approximate surface area is 218 Å². The molecule has 1 aromatic carbocycles. The molecule has 8 N–H and O–H groups in total. The molecule has 206 valence electrons. The lowest BCUT2D eigenvalue weighted by atomic mass is 10.1.